The molecule has 1 saturated carbocycles. The van der Waals surface area contributed by atoms with Crippen LogP contribution in [-0.4, -0.2) is 21.9 Å². The van der Waals surface area contributed by atoms with Crippen LogP contribution < -0.4 is 0 Å². The summed E-state index contributed by atoms with van der Waals surface area (Å²) in [6.45, 7) is 12.0. The Kier molecular flexibility index (Phi) is 8.00. The predicted octanol–water partition coefficient (Wildman–Crippen LogP) is 4.93. The van der Waals surface area contributed by atoms with Crippen molar-refractivity contribution in [1.29, 1.82) is 0 Å². The van der Waals surface area contributed by atoms with Gasteiger partial charge in [-0.2, -0.15) is 0 Å². The number of unbranched alkanes of at least 4 members (excludes halogenated alkanes) is 1. The topological polar surface area (TPSA) is 40.5 Å². The molecule has 24 heavy (non-hydrogen) atoms. The van der Waals surface area contributed by atoms with E-state index in [1.807, 2.05) is 0 Å². The van der Waals surface area contributed by atoms with E-state index in [1.54, 1.807) is 13.8 Å². The van der Waals surface area contributed by atoms with Gasteiger partial charge in [0.1, 0.15) is 5.60 Å². The summed E-state index contributed by atoms with van der Waals surface area (Å²) in [4.78, 5) is 0. The second-order valence-electron chi connectivity index (χ2n) is 8.21. The third-order valence-corrected chi connectivity index (χ3v) is 4.31. The molecule has 0 radical (unpaired) electrons. The Hall–Kier alpha value is -1.30. The SMILES string of the molecule is C=C1CCC(O)CC1=CC=CCCCC(C)(C)CC#CC(C)(C)O. The maximum atomic E-state index is 9.72. The van der Waals surface area contributed by atoms with E-state index >= 15 is 0 Å². The third kappa shape index (κ3) is 9.11. The lowest BCUT2D eigenvalue weighted by molar-refractivity contribution is 0.143. The van der Waals surface area contributed by atoms with Crippen LogP contribution in [0.4, 0.5) is 0 Å². The van der Waals surface area contributed by atoms with Gasteiger partial charge in [-0.15, -0.1) is 0 Å². The van der Waals surface area contributed by atoms with Crippen molar-refractivity contribution in [3.8, 4) is 11.8 Å². The molecule has 0 aromatic rings. The monoisotopic (exact) mass is 330 g/mol. The van der Waals surface area contributed by atoms with E-state index in [4.69, 9.17) is 0 Å². The Morgan fingerprint density at radius 3 is 2.67 bits per heavy atom. The van der Waals surface area contributed by atoms with Gasteiger partial charge in [-0.25, -0.2) is 0 Å². The minimum atomic E-state index is -0.900. The van der Waals surface area contributed by atoms with Crippen molar-refractivity contribution < 1.29 is 10.2 Å². The fourth-order valence-corrected chi connectivity index (χ4v) is 2.75. The molecule has 0 heterocycles. The van der Waals surface area contributed by atoms with Crippen molar-refractivity contribution in [2.45, 2.75) is 84.3 Å². The van der Waals surface area contributed by atoms with Gasteiger partial charge >= 0.3 is 0 Å². The molecule has 134 valence electrons. The number of rotatable bonds is 6. The highest BCUT2D eigenvalue weighted by molar-refractivity contribution is 5.34. The van der Waals surface area contributed by atoms with Crippen LogP contribution in [0.25, 0.3) is 0 Å². The fourth-order valence-electron chi connectivity index (χ4n) is 2.75. The van der Waals surface area contributed by atoms with E-state index in [0.717, 1.165) is 50.5 Å². The Balaban J connectivity index is 2.33. The van der Waals surface area contributed by atoms with Crippen LogP contribution in [0, 0.1) is 17.3 Å². The standard InChI is InChI=1S/C22H34O2/c1-18-12-13-20(23)17-19(18)11-8-6-7-9-14-21(2,3)15-10-16-22(4,5)24/h6,8,11,20,23-24H,1,7,9,12-15,17H2,2-5H3. The lowest BCUT2D eigenvalue weighted by Crippen LogP contribution is -2.15. The van der Waals surface area contributed by atoms with Gasteiger partial charge in [0.2, 0.25) is 0 Å². The second-order valence-corrected chi connectivity index (χ2v) is 8.21. The summed E-state index contributed by atoms with van der Waals surface area (Å²) < 4.78 is 0. The summed E-state index contributed by atoms with van der Waals surface area (Å²) in [6.07, 6.45) is 12.7. The highest BCUT2D eigenvalue weighted by Gasteiger charge is 2.17. The molecule has 1 fully saturated rings. The van der Waals surface area contributed by atoms with E-state index < -0.39 is 5.60 Å². The van der Waals surface area contributed by atoms with E-state index in [9.17, 15) is 10.2 Å². The summed E-state index contributed by atoms with van der Waals surface area (Å²) in [5.41, 5.74) is 1.62. The maximum absolute atomic E-state index is 9.72. The van der Waals surface area contributed by atoms with Crippen LogP contribution in [0.3, 0.4) is 0 Å². The zero-order chi connectivity index (χ0) is 18.2. The third-order valence-electron chi connectivity index (χ3n) is 4.31. The van der Waals surface area contributed by atoms with Gasteiger partial charge in [0, 0.05) is 6.42 Å². The van der Waals surface area contributed by atoms with Gasteiger partial charge < -0.3 is 10.2 Å². The first-order valence-corrected chi connectivity index (χ1v) is 9.03. The van der Waals surface area contributed by atoms with Crippen LogP contribution in [-0.2, 0) is 0 Å². The van der Waals surface area contributed by atoms with Gasteiger partial charge in [0.15, 0.2) is 0 Å². The van der Waals surface area contributed by atoms with Crippen molar-refractivity contribution in [2.75, 3.05) is 0 Å². The number of aliphatic hydroxyl groups excluding tert-OH is 1. The molecule has 1 rings (SSSR count). The zero-order valence-electron chi connectivity index (χ0n) is 15.9. The molecule has 0 spiro atoms. The van der Waals surface area contributed by atoms with Crippen molar-refractivity contribution in [3.05, 3.63) is 36.0 Å². The molecule has 1 atom stereocenters. The van der Waals surface area contributed by atoms with Crippen molar-refractivity contribution in [3.63, 3.8) is 0 Å². The average molecular weight is 331 g/mol. The van der Waals surface area contributed by atoms with Crippen molar-refractivity contribution >= 4 is 0 Å². The average Bonchev–Trinajstić information content (AvgIpc) is 2.44. The summed E-state index contributed by atoms with van der Waals surface area (Å²) in [7, 11) is 0. The molecule has 1 aliphatic rings. The van der Waals surface area contributed by atoms with Crippen molar-refractivity contribution in [2.24, 2.45) is 5.41 Å². The smallest absolute Gasteiger partial charge is 0.119 e. The quantitative estimate of drug-likeness (QED) is 0.535. The molecule has 0 amide bonds. The maximum Gasteiger partial charge on any atom is 0.119 e. The Bertz CT molecular complexity index is 533. The highest BCUT2D eigenvalue weighted by Crippen LogP contribution is 2.28. The number of hydrogen-bond acceptors (Lipinski definition) is 2. The molecule has 1 aliphatic carbocycles. The molecule has 2 nitrogen and oxygen atoms in total. The summed E-state index contributed by atoms with van der Waals surface area (Å²) in [5.74, 6) is 6.00. The molecule has 0 bridgehead atoms. The normalized spacial score (nSPS) is 21.2. The molecule has 1 unspecified atom stereocenters. The first-order valence-electron chi connectivity index (χ1n) is 9.03. The first-order chi connectivity index (χ1) is 11.1. The lowest BCUT2D eigenvalue weighted by atomic mass is 9.84. The Labute approximate surface area is 148 Å². The van der Waals surface area contributed by atoms with Crippen LogP contribution in [0.1, 0.15) is 72.6 Å². The number of hydrogen-bond donors (Lipinski definition) is 2. The number of aliphatic hydroxyl groups is 2. The van der Waals surface area contributed by atoms with E-state index in [2.05, 4.69) is 50.5 Å². The molecule has 0 aromatic heterocycles. The summed E-state index contributed by atoms with van der Waals surface area (Å²) in [6, 6.07) is 0. The predicted molar refractivity (Wildman–Crippen MR) is 103 cm³/mol. The van der Waals surface area contributed by atoms with Gasteiger partial charge in [-0.3, -0.25) is 0 Å². The first kappa shape index (κ1) is 20.7. The molecular weight excluding hydrogens is 296 g/mol. The van der Waals surface area contributed by atoms with Crippen LogP contribution in [0.15, 0.2) is 36.0 Å². The summed E-state index contributed by atoms with van der Waals surface area (Å²) in [5, 5.41) is 19.3. The highest BCUT2D eigenvalue weighted by atomic mass is 16.3. The molecule has 0 aromatic carbocycles. The van der Waals surface area contributed by atoms with Crippen LogP contribution >= 0.6 is 0 Å². The largest absolute Gasteiger partial charge is 0.393 e. The van der Waals surface area contributed by atoms with E-state index in [0.29, 0.717) is 0 Å². The lowest BCUT2D eigenvalue weighted by Gasteiger charge is -2.22. The summed E-state index contributed by atoms with van der Waals surface area (Å²) >= 11 is 0. The van der Waals surface area contributed by atoms with E-state index in [1.165, 1.54) is 5.57 Å². The van der Waals surface area contributed by atoms with Crippen LogP contribution in [0.5, 0.6) is 0 Å². The molecular formula is C22H34O2. The second kappa shape index (κ2) is 9.25. The number of allylic oxidation sites excluding steroid dienone is 4. The minimum absolute atomic E-state index is 0.173. The van der Waals surface area contributed by atoms with Crippen molar-refractivity contribution in [1.82, 2.24) is 0 Å². The molecule has 2 heteroatoms. The molecule has 0 saturated heterocycles. The van der Waals surface area contributed by atoms with Gasteiger partial charge in [-0.1, -0.05) is 56.1 Å². The minimum Gasteiger partial charge on any atom is -0.393 e. The van der Waals surface area contributed by atoms with Gasteiger partial charge in [0.05, 0.1) is 6.10 Å². The van der Waals surface area contributed by atoms with Gasteiger partial charge in [-0.05, 0) is 63.4 Å². The Morgan fingerprint density at radius 1 is 1.29 bits per heavy atom. The Morgan fingerprint density at radius 2 is 2.00 bits per heavy atom. The van der Waals surface area contributed by atoms with Crippen LogP contribution in [0.2, 0.25) is 0 Å². The van der Waals surface area contributed by atoms with E-state index in [-0.39, 0.29) is 11.5 Å². The zero-order valence-corrected chi connectivity index (χ0v) is 15.9. The molecule has 0 aliphatic heterocycles. The van der Waals surface area contributed by atoms with Gasteiger partial charge in [0.25, 0.3) is 0 Å². The fraction of sp³-hybridized carbons (Fsp3) is 0.636. The molecule has 2 N–H and O–H groups in total.